The maximum Gasteiger partial charge on any atom is 0.328 e. The normalized spacial score (nSPS) is 10.6. The molecule has 92 valence electrons. The zero-order valence-corrected chi connectivity index (χ0v) is 10.4. The minimum atomic E-state index is -0.480. The summed E-state index contributed by atoms with van der Waals surface area (Å²) >= 11 is 0. The third-order valence-corrected chi connectivity index (χ3v) is 1.68. The minimum absolute atomic E-state index is 0.0849. The van der Waals surface area contributed by atoms with Crippen LogP contribution in [0.25, 0.3) is 0 Å². The molecule has 17 heavy (non-hydrogen) atoms. The predicted octanol–water partition coefficient (Wildman–Crippen LogP) is 0.535. The van der Waals surface area contributed by atoms with Gasteiger partial charge in [-0.1, -0.05) is 11.8 Å². The molecule has 1 aromatic heterocycles. The highest BCUT2D eigenvalue weighted by Crippen LogP contribution is 2.07. The number of hydrogen-bond donors (Lipinski definition) is 1. The lowest BCUT2D eigenvalue weighted by Gasteiger charge is -2.19. The molecule has 1 heterocycles. The van der Waals surface area contributed by atoms with E-state index < -0.39 is 5.60 Å². The van der Waals surface area contributed by atoms with Gasteiger partial charge < -0.3 is 10.5 Å². The van der Waals surface area contributed by atoms with Crippen LogP contribution in [0.4, 0.5) is 0 Å². The molecule has 0 unspecified atom stereocenters. The fourth-order valence-electron chi connectivity index (χ4n) is 1.17. The van der Waals surface area contributed by atoms with E-state index >= 15 is 0 Å². The number of carbonyl (C=O) groups excluding carboxylic acids is 1. The first-order valence-corrected chi connectivity index (χ1v) is 5.34. The summed E-state index contributed by atoms with van der Waals surface area (Å²) in [5.41, 5.74) is 5.51. The highest BCUT2D eigenvalue weighted by Gasteiger charge is 2.16. The third kappa shape index (κ3) is 5.18. The maximum absolute atomic E-state index is 11.5. The number of aromatic nitrogens is 2. The summed E-state index contributed by atoms with van der Waals surface area (Å²) in [6, 6.07) is 0. The van der Waals surface area contributed by atoms with Crippen molar-refractivity contribution in [2.75, 3.05) is 6.54 Å². The first kappa shape index (κ1) is 13.3. The van der Waals surface area contributed by atoms with Gasteiger partial charge in [0.25, 0.3) is 0 Å². The molecule has 0 atom stereocenters. The van der Waals surface area contributed by atoms with E-state index in [0.717, 1.165) is 5.56 Å². The van der Waals surface area contributed by atoms with Crippen LogP contribution < -0.4 is 5.73 Å². The number of nitrogens with two attached hydrogens (primary N) is 1. The van der Waals surface area contributed by atoms with Gasteiger partial charge in [-0.3, -0.25) is 9.48 Å². The number of esters is 1. The standard InChI is InChI=1S/C12H17N3O2/c1-12(2,3)17-11(16)9-15-8-10(7-14-15)5-4-6-13/h7-8H,6,9,13H2,1-3H3. The van der Waals surface area contributed by atoms with Crippen molar-refractivity contribution in [3.63, 3.8) is 0 Å². The van der Waals surface area contributed by atoms with Crippen LogP contribution >= 0.6 is 0 Å². The monoisotopic (exact) mass is 235 g/mol. The molecule has 0 aliphatic rings. The summed E-state index contributed by atoms with van der Waals surface area (Å²) in [6.45, 7) is 5.86. The maximum atomic E-state index is 11.5. The largest absolute Gasteiger partial charge is 0.459 e. The summed E-state index contributed by atoms with van der Waals surface area (Å²) in [5.74, 6) is 5.23. The topological polar surface area (TPSA) is 70.1 Å². The van der Waals surface area contributed by atoms with Crippen molar-refractivity contribution >= 4 is 5.97 Å². The molecule has 0 fully saturated rings. The molecular weight excluding hydrogens is 218 g/mol. The highest BCUT2D eigenvalue weighted by molar-refractivity contribution is 5.69. The molecule has 0 aromatic carbocycles. The summed E-state index contributed by atoms with van der Waals surface area (Å²) < 4.78 is 6.67. The molecule has 5 nitrogen and oxygen atoms in total. The lowest BCUT2D eigenvalue weighted by molar-refractivity contribution is -0.155. The zero-order valence-electron chi connectivity index (χ0n) is 10.4. The van der Waals surface area contributed by atoms with Gasteiger partial charge in [-0.05, 0) is 20.8 Å². The van der Waals surface area contributed by atoms with Crippen LogP contribution in [-0.4, -0.2) is 27.9 Å². The quantitative estimate of drug-likeness (QED) is 0.600. The van der Waals surface area contributed by atoms with Gasteiger partial charge in [-0.2, -0.15) is 5.10 Å². The number of ether oxygens (including phenoxy) is 1. The van der Waals surface area contributed by atoms with Crippen LogP contribution in [0.3, 0.4) is 0 Å². The second-order valence-corrected chi connectivity index (χ2v) is 4.52. The molecule has 1 aromatic rings. The number of hydrogen-bond acceptors (Lipinski definition) is 4. The number of carbonyl (C=O) groups is 1. The van der Waals surface area contributed by atoms with E-state index in [1.54, 1.807) is 12.4 Å². The predicted molar refractivity (Wildman–Crippen MR) is 64.0 cm³/mol. The van der Waals surface area contributed by atoms with E-state index in [2.05, 4.69) is 16.9 Å². The van der Waals surface area contributed by atoms with E-state index in [4.69, 9.17) is 10.5 Å². The van der Waals surface area contributed by atoms with Crippen LogP contribution in [0, 0.1) is 11.8 Å². The van der Waals surface area contributed by atoms with Crippen LogP contribution in [-0.2, 0) is 16.1 Å². The van der Waals surface area contributed by atoms with Crippen molar-refractivity contribution in [1.29, 1.82) is 0 Å². The molecule has 5 heteroatoms. The molecule has 0 amide bonds. The summed E-state index contributed by atoms with van der Waals surface area (Å²) in [5, 5.41) is 4.01. The SMILES string of the molecule is CC(C)(C)OC(=O)Cn1cc(C#CCN)cn1. The molecular formula is C12H17N3O2. The summed E-state index contributed by atoms with van der Waals surface area (Å²) in [7, 11) is 0. The van der Waals surface area contributed by atoms with Crippen LogP contribution in [0.15, 0.2) is 12.4 Å². The Labute approximate surface area is 101 Å². The van der Waals surface area contributed by atoms with Crippen molar-refractivity contribution in [3.05, 3.63) is 18.0 Å². The Hall–Kier alpha value is -1.80. The average molecular weight is 235 g/mol. The van der Waals surface area contributed by atoms with Gasteiger partial charge in [-0.25, -0.2) is 0 Å². The molecule has 0 bridgehead atoms. The zero-order chi connectivity index (χ0) is 12.9. The van der Waals surface area contributed by atoms with Crippen LogP contribution in [0.2, 0.25) is 0 Å². The Morgan fingerprint density at radius 2 is 2.29 bits per heavy atom. The van der Waals surface area contributed by atoms with Gasteiger partial charge in [0.2, 0.25) is 0 Å². The van der Waals surface area contributed by atoms with E-state index in [1.807, 2.05) is 20.8 Å². The van der Waals surface area contributed by atoms with E-state index in [-0.39, 0.29) is 12.5 Å². The van der Waals surface area contributed by atoms with Crippen molar-refractivity contribution in [2.45, 2.75) is 32.9 Å². The Bertz CT molecular complexity index is 446. The van der Waals surface area contributed by atoms with Crippen molar-refractivity contribution in [1.82, 2.24) is 9.78 Å². The van der Waals surface area contributed by atoms with E-state index in [0.29, 0.717) is 6.54 Å². The van der Waals surface area contributed by atoms with Gasteiger partial charge in [-0.15, -0.1) is 0 Å². The molecule has 0 saturated heterocycles. The summed E-state index contributed by atoms with van der Waals surface area (Å²) in [4.78, 5) is 11.5. The first-order chi connectivity index (χ1) is 7.90. The molecule has 0 aliphatic heterocycles. The van der Waals surface area contributed by atoms with Crippen LogP contribution in [0.1, 0.15) is 26.3 Å². The fourth-order valence-corrected chi connectivity index (χ4v) is 1.17. The van der Waals surface area contributed by atoms with Gasteiger partial charge >= 0.3 is 5.97 Å². The lowest BCUT2D eigenvalue weighted by atomic mass is 10.2. The molecule has 0 spiro atoms. The van der Waals surface area contributed by atoms with Gasteiger partial charge in [0, 0.05) is 6.20 Å². The van der Waals surface area contributed by atoms with Gasteiger partial charge in [0.15, 0.2) is 0 Å². The van der Waals surface area contributed by atoms with Gasteiger partial charge in [0.05, 0.1) is 18.3 Å². The minimum Gasteiger partial charge on any atom is -0.459 e. The van der Waals surface area contributed by atoms with Crippen molar-refractivity contribution in [2.24, 2.45) is 5.73 Å². The van der Waals surface area contributed by atoms with Crippen molar-refractivity contribution < 1.29 is 9.53 Å². The molecule has 2 N–H and O–H groups in total. The number of rotatable bonds is 2. The van der Waals surface area contributed by atoms with Crippen molar-refractivity contribution in [3.8, 4) is 11.8 Å². The second-order valence-electron chi connectivity index (χ2n) is 4.52. The third-order valence-electron chi connectivity index (χ3n) is 1.68. The Morgan fingerprint density at radius 1 is 1.59 bits per heavy atom. The Kier molecular flexibility index (Phi) is 4.30. The fraction of sp³-hybridized carbons (Fsp3) is 0.500. The Morgan fingerprint density at radius 3 is 2.88 bits per heavy atom. The molecule has 0 saturated carbocycles. The van der Waals surface area contributed by atoms with E-state index in [1.165, 1.54) is 4.68 Å². The average Bonchev–Trinajstić information content (AvgIpc) is 2.59. The Balaban J connectivity index is 2.58. The molecule has 1 rings (SSSR count). The smallest absolute Gasteiger partial charge is 0.328 e. The highest BCUT2D eigenvalue weighted by atomic mass is 16.6. The first-order valence-electron chi connectivity index (χ1n) is 5.34. The van der Waals surface area contributed by atoms with Gasteiger partial charge in [0.1, 0.15) is 12.1 Å². The molecule has 0 aliphatic carbocycles. The lowest BCUT2D eigenvalue weighted by Crippen LogP contribution is -2.26. The summed E-state index contributed by atoms with van der Waals surface area (Å²) in [6.07, 6.45) is 3.28. The number of nitrogens with zero attached hydrogens (tertiary/aromatic N) is 2. The van der Waals surface area contributed by atoms with Crippen LogP contribution in [0.5, 0.6) is 0 Å². The molecule has 0 radical (unpaired) electrons. The second kappa shape index (κ2) is 5.51. The van der Waals surface area contributed by atoms with E-state index in [9.17, 15) is 4.79 Å².